The number of Topliss-reactive ketones (excluding diaryl/α,β-unsaturated/α-hetero) is 1. The quantitative estimate of drug-likeness (QED) is 0.823. The van der Waals surface area contributed by atoms with E-state index in [0.29, 0.717) is 31.0 Å². The van der Waals surface area contributed by atoms with E-state index in [0.717, 1.165) is 12.8 Å². The van der Waals surface area contributed by atoms with Crippen molar-refractivity contribution in [3.8, 4) is 0 Å². The van der Waals surface area contributed by atoms with E-state index in [1.54, 1.807) is 0 Å². The lowest BCUT2D eigenvalue weighted by atomic mass is 9.80. The molecular weight excluding hydrogens is 214 g/mol. The summed E-state index contributed by atoms with van der Waals surface area (Å²) in [6.45, 7) is 8.59. The Bertz CT molecular complexity index is 281. The van der Waals surface area contributed by atoms with E-state index in [-0.39, 0.29) is 17.4 Å². The first-order valence-electron chi connectivity index (χ1n) is 6.60. The van der Waals surface area contributed by atoms with Crippen molar-refractivity contribution in [1.82, 2.24) is 5.32 Å². The van der Waals surface area contributed by atoms with Gasteiger partial charge in [0.05, 0.1) is 0 Å². The molecule has 1 atom stereocenters. The highest BCUT2D eigenvalue weighted by atomic mass is 16.1. The van der Waals surface area contributed by atoms with Crippen molar-refractivity contribution in [1.29, 1.82) is 0 Å². The van der Waals surface area contributed by atoms with Gasteiger partial charge in [0.25, 0.3) is 0 Å². The van der Waals surface area contributed by atoms with Crippen LogP contribution in [0.2, 0.25) is 0 Å². The summed E-state index contributed by atoms with van der Waals surface area (Å²) < 4.78 is 0. The summed E-state index contributed by atoms with van der Waals surface area (Å²) in [6.07, 6.45) is 3.45. The van der Waals surface area contributed by atoms with Gasteiger partial charge in [-0.2, -0.15) is 0 Å². The van der Waals surface area contributed by atoms with Crippen molar-refractivity contribution in [2.24, 2.45) is 11.3 Å². The summed E-state index contributed by atoms with van der Waals surface area (Å²) in [7, 11) is 0. The smallest absolute Gasteiger partial charge is 0.220 e. The second-order valence-corrected chi connectivity index (χ2v) is 6.35. The molecule has 98 valence electrons. The largest absolute Gasteiger partial charge is 0.353 e. The third-order valence-corrected chi connectivity index (χ3v) is 3.88. The molecule has 17 heavy (non-hydrogen) atoms. The molecule has 0 saturated heterocycles. The number of carbonyl (C=O) groups excluding carboxylic acids is 2. The van der Waals surface area contributed by atoms with Crippen molar-refractivity contribution in [3.05, 3.63) is 0 Å². The molecule has 0 aromatic carbocycles. The average Bonchev–Trinajstić information content (AvgIpc) is 2.20. The number of rotatable bonds is 3. The van der Waals surface area contributed by atoms with E-state index < -0.39 is 0 Å². The Labute approximate surface area is 104 Å². The second-order valence-electron chi connectivity index (χ2n) is 6.35. The summed E-state index contributed by atoms with van der Waals surface area (Å²) in [4.78, 5) is 22.9. The zero-order chi connectivity index (χ0) is 13.1. The normalized spacial score (nSPS) is 20.1. The Hall–Kier alpha value is -0.860. The minimum Gasteiger partial charge on any atom is -0.353 e. The van der Waals surface area contributed by atoms with Crippen LogP contribution in [0.15, 0.2) is 0 Å². The van der Waals surface area contributed by atoms with E-state index in [1.807, 2.05) is 0 Å². The highest BCUT2D eigenvalue weighted by Crippen LogP contribution is 2.28. The van der Waals surface area contributed by atoms with Gasteiger partial charge in [-0.15, -0.1) is 0 Å². The molecule has 1 fully saturated rings. The molecule has 0 radical (unpaired) electrons. The van der Waals surface area contributed by atoms with Crippen LogP contribution < -0.4 is 5.32 Å². The van der Waals surface area contributed by atoms with Gasteiger partial charge in [0.1, 0.15) is 5.78 Å². The molecule has 0 aromatic heterocycles. The van der Waals surface area contributed by atoms with Gasteiger partial charge < -0.3 is 5.32 Å². The fourth-order valence-electron chi connectivity index (χ4n) is 1.95. The minimum atomic E-state index is 0.131. The molecule has 0 aliphatic heterocycles. The van der Waals surface area contributed by atoms with Crippen LogP contribution in [0.1, 0.15) is 59.8 Å². The predicted octanol–water partition coefficient (Wildman–Crippen LogP) is 2.69. The molecular formula is C14H25NO2. The van der Waals surface area contributed by atoms with Crippen molar-refractivity contribution in [2.75, 3.05) is 0 Å². The van der Waals surface area contributed by atoms with Gasteiger partial charge in [-0.3, -0.25) is 9.59 Å². The molecule has 0 heterocycles. The van der Waals surface area contributed by atoms with Gasteiger partial charge in [0, 0.05) is 25.3 Å². The third-order valence-electron chi connectivity index (χ3n) is 3.88. The third kappa shape index (κ3) is 4.88. The lowest BCUT2D eigenvalue weighted by Crippen LogP contribution is -2.39. The SMILES string of the molecule is CC(CC(=O)NC1CCC(=O)CC1)C(C)(C)C. The molecule has 1 aliphatic rings. The summed E-state index contributed by atoms with van der Waals surface area (Å²) in [5.74, 6) is 0.832. The highest BCUT2D eigenvalue weighted by Gasteiger charge is 2.25. The Balaban J connectivity index is 2.32. The van der Waals surface area contributed by atoms with Crippen molar-refractivity contribution >= 4 is 11.7 Å². The van der Waals surface area contributed by atoms with Gasteiger partial charge in [-0.05, 0) is 24.2 Å². The second kappa shape index (κ2) is 5.65. The Kier molecular flexibility index (Phi) is 4.72. The van der Waals surface area contributed by atoms with Gasteiger partial charge in [0.15, 0.2) is 0 Å². The molecule has 0 bridgehead atoms. The lowest BCUT2D eigenvalue weighted by molar-refractivity contribution is -0.125. The average molecular weight is 239 g/mol. The first-order chi connectivity index (χ1) is 7.79. The first-order valence-corrected chi connectivity index (χ1v) is 6.60. The summed E-state index contributed by atoms with van der Waals surface area (Å²) in [5, 5.41) is 3.05. The standard InChI is InChI=1S/C14H25NO2/c1-10(14(2,3)4)9-13(17)15-11-5-7-12(16)8-6-11/h10-11H,5-9H2,1-4H3,(H,15,17). The summed E-state index contributed by atoms with van der Waals surface area (Å²) in [6, 6.07) is 0.215. The molecule has 1 aliphatic carbocycles. The molecule has 1 unspecified atom stereocenters. The monoisotopic (exact) mass is 239 g/mol. The lowest BCUT2D eigenvalue weighted by Gasteiger charge is -2.28. The van der Waals surface area contributed by atoms with Gasteiger partial charge >= 0.3 is 0 Å². The van der Waals surface area contributed by atoms with E-state index in [9.17, 15) is 9.59 Å². The maximum atomic E-state index is 11.9. The number of ketones is 1. The fraction of sp³-hybridized carbons (Fsp3) is 0.857. The van der Waals surface area contributed by atoms with Crippen LogP contribution >= 0.6 is 0 Å². The zero-order valence-corrected chi connectivity index (χ0v) is 11.5. The molecule has 1 amide bonds. The Morgan fingerprint density at radius 2 is 1.88 bits per heavy atom. The van der Waals surface area contributed by atoms with Crippen LogP contribution in [0.4, 0.5) is 0 Å². The number of hydrogen-bond acceptors (Lipinski definition) is 2. The predicted molar refractivity (Wildman–Crippen MR) is 68.6 cm³/mol. The van der Waals surface area contributed by atoms with E-state index in [2.05, 4.69) is 33.0 Å². The molecule has 1 saturated carbocycles. The molecule has 1 rings (SSSR count). The molecule has 3 heteroatoms. The van der Waals surface area contributed by atoms with Crippen LogP contribution in [0, 0.1) is 11.3 Å². The summed E-state index contributed by atoms with van der Waals surface area (Å²) in [5.41, 5.74) is 0.167. The van der Waals surface area contributed by atoms with Crippen LogP contribution in [-0.2, 0) is 9.59 Å². The van der Waals surface area contributed by atoms with E-state index >= 15 is 0 Å². The highest BCUT2D eigenvalue weighted by molar-refractivity contribution is 5.80. The number of hydrogen-bond donors (Lipinski definition) is 1. The van der Waals surface area contributed by atoms with E-state index in [4.69, 9.17) is 0 Å². The van der Waals surface area contributed by atoms with Gasteiger partial charge in [-0.25, -0.2) is 0 Å². The van der Waals surface area contributed by atoms with Crippen LogP contribution in [-0.4, -0.2) is 17.7 Å². The fourth-order valence-corrected chi connectivity index (χ4v) is 1.95. The Morgan fingerprint density at radius 1 is 1.35 bits per heavy atom. The van der Waals surface area contributed by atoms with Crippen LogP contribution in [0.25, 0.3) is 0 Å². The van der Waals surface area contributed by atoms with Crippen molar-refractivity contribution in [2.45, 2.75) is 65.8 Å². The minimum absolute atomic E-state index is 0.131. The van der Waals surface area contributed by atoms with Crippen molar-refractivity contribution in [3.63, 3.8) is 0 Å². The molecule has 0 spiro atoms. The number of carbonyl (C=O) groups is 2. The maximum absolute atomic E-state index is 11.9. The molecule has 1 N–H and O–H groups in total. The van der Waals surface area contributed by atoms with Gasteiger partial charge in [-0.1, -0.05) is 27.7 Å². The maximum Gasteiger partial charge on any atom is 0.220 e. The summed E-state index contributed by atoms with van der Waals surface area (Å²) >= 11 is 0. The van der Waals surface area contributed by atoms with E-state index in [1.165, 1.54) is 0 Å². The zero-order valence-electron chi connectivity index (χ0n) is 11.5. The molecule has 0 aromatic rings. The Morgan fingerprint density at radius 3 is 2.35 bits per heavy atom. The topological polar surface area (TPSA) is 46.2 Å². The van der Waals surface area contributed by atoms with Crippen molar-refractivity contribution < 1.29 is 9.59 Å². The van der Waals surface area contributed by atoms with Crippen LogP contribution in [0.3, 0.4) is 0 Å². The number of nitrogens with one attached hydrogen (secondary N) is 1. The number of amides is 1. The van der Waals surface area contributed by atoms with Crippen LogP contribution in [0.5, 0.6) is 0 Å². The first kappa shape index (κ1) is 14.2. The molecule has 3 nitrogen and oxygen atoms in total. The van der Waals surface area contributed by atoms with Gasteiger partial charge in [0.2, 0.25) is 5.91 Å².